The minimum atomic E-state index is -0.476. The van der Waals surface area contributed by atoms with Gasteiger partial charge >= 0.3 is 5.97 Å². The number of fused-ring (bicyclic) bond motifs is 5. The van der Waals surface area contributed by atoms with Gasteiger partial charge in [-0.25, -0.2) is 4.79 Å². The molecule has 188 valence electrons. The van der Waals surface area contributed by atoms with Crippen LogP contribution in [0.3, 0.4) is 0 Å². The number of amides is 2. The lowest BCUT2D eigenvalue weighted by Crippen LogP contribution is -2.50. The molecular weight excluding hydrogens is 430 g/mol. The third-order valence-electron chi connectivity index (χ3n) is 10.8. The van der Waals surface area contributed by atoms with Gasteiger partial charge in [-0.3, -0.25) is 9.59 Å². The van der Waals surface area contributed by atoms with Gasteiger partial charge in [-0.15, -0.1) is 5.06 Å². The van der Waals surface area contributed by atoms with Gasteiger partial charge in [-0.1, -0.05) is 32.4 Å². The number of carbonyl (C=O) groups is 3. The highest BCUT2D eigenvalue weighted by molar-refractivity contribution is 6.01. The van der Waals surface area contributed by atoms with E-state index in [0.717, 1.165) is 49.9 Å². The van der Waals surface area contributed by atoms with Gasteiger partial charge in [0.25, 0.3) is 11.8 Å². The van der Waals surface area contributed by atoms with Crippen molar-refractivity contribution in [1.82, 2.24) is 5.06 Å². The second-order valence-electron chi connectivity index (χ2n) is 12.4. The SMILES string of the molecule is C[C@H](CCC(=O)ON1C(=O)CCC1=O)[C@H]1CC[C@H]2[C@@H]3CC=C4C[C@@H](O)CC[C@]4(C)[C@H]3CC[C@]12C. The van der Waals surface area contributed by atoms with E-state index in [2.05, 4.69) is 26.8 Å². The van der Waals surface area contributed by atoms with Crippen LogP contribution in [0.5, 0.6) is 0 Å². The molecule has 8 atom stereocenters. The molecule has 0 bridgehead atoms. The Morgan fingerprint density at radius 2 is 1.85 bits per heavy atom. The van der Waals surface area contributed by atoms with E-state index in [1.165, 1.54) is 31.3 Å². The topological polar surface area (TPSA) is 83.9 Å². The van der Waals surface area contributed by atoms with Crippen LogP contribution in [-0.4, -0.2) is 34.1 Å². The quantitative estimate of drug-likeness (QED) is 0.453. The summed E-state index contributed by atoms with van der Waals surface area (Å²) in [6, 6.07) is 0. The first-order valence-corrected chi connectivity index (χ1v) is 13.6. The highest BCUT2D eigenvalue weighted by Crippen LogP contribution is 2.67. The van der Waals surface area contributed by atoms with E-state index in [1.54, 1.807) is 0 Å². The van der Waals surface area contributed by atoms with E-state index in [9.17, 15) is 19.5 Å². The summed E-state index contributed by atoms with van der Waals surface area (Å²) in [6.07, 6.45) is 12.7. The summed E-state index contributed by atoms with van der Waals surface area (Å²) in [4.78, 5) is 40.9. The van der Waals surface area contributed by atoms with Crippen molar-refractivity contribution >= 4 is 17.8 Å². The molecule has 2 amide bonds. The molecule has 0 radical (unpaired) electrons. The van der Waals surface area contributed by atoms with Gasteiger partial charge in [0.15, 0.2) is 0 Å². The number of aliphatic hydroxyl groups excluding tert-OH is 1. The van der Waals surface area contributed by atoms with Crippen LogP contribution in [0.2, 0.25) is 0 Å². The van der Waals surface area contributed by atoms with E-state index < -0.39 is 17.8 Å². The minimum absolute atomic E-state index is 0.128. The molecule has 4 aliphatic carbocycles. The highest BCUT2D eigenvalue weighted by atomic mass is 16.7. The smallest absolute Gasteiger partial charge is 0.333 e. The standard InChI is InChI=1S/C28H41NO5/c1-17(4-11-26(33)34-29-24(31)9-10-25(29)32)21-7-8-22-20-6-5-18-16-19(30)12-14-27(18,2)23(20)13-15-28(21,22)3/h5,17,19-23,30H,4,6-16H2,1-3H3/t17-,19+,20+,21-,22+,23+,27+,28-/m1/s1. The van der Waals surface area contributed by atoms with E-state index in [0.29, 0.717) is 22.3 Å². The van der Waals surface area contributed by atoms with Crippen molar-refractivity contribution in [3.63, 3.8) is 0 Å². The first-order chi connectivity index (χ1) is 16.1. The summed E-state index contributed by atoms with van der Waals surface area (Å²) in [7, 11) is 0. The fourth-order valence-electron chi connectivity index (χ4n) is 8.97. The second kappa shape index (κ2) is 8.76. The van der Waals surface area contributed by atoms with Crippen LogP contribution in [0.25, 0.3) is 0 Å². The lowest BCUT2D eigenvalue weighted by Gasteiger charge is -2.58. The van der Waals surface area contributed by atoms with Crippen LogP contribution in [0.4, 0.5) is 0 Å². The van der Waals surface area contributed by atoms with Crippen LogP contribution < -0.4 is 0 Å². The normalized spacial score (nSPS) is 42.5. The van der Waals surface area contributed by atoms with Crippen LogP contribution in [0.1, 0.15) is 97.8 Å². The number of hydrogen-bond donors (Lipinski definition) is 1. The molecule has 1 heterocycles. The molecule has 6 heteroatoms. The number of nitrogens with zero attached hydrogens (tertiary/aromatic N) is 1. The Morgan fingerprint density at radius 1 is 1.12 bits per heavy atom. The maximum atomic E-state index is 12.4. The third kappa shape index (κ3) is 3.84. The molecular formula is C28H41NO5. The average Bonchev–Trinajstić information content (AvgIpc) is 3.32. The summed E-state index contributed by atoms with van der Waals surface area (Å²) in [5, 5.41) is 10.9. The molecule has 1 saturated heterocycles. The first-order valence-electron chi connectivity index (χ1n) is 13.6. The Labute approximate surface area is 203 Å². The zero-order valence-corrected chi connectivity index (χ0v) is 21.1. The van der Waals surface area contributed by atoms with Crippen molar-refractivity contribution in [3.05, 3.63) is 11.6 Å². The molecule has 0 aromatic carbocycles. The average molecular weight is 472 g/mol. The molecule has 1 aliphatic heterocycles. The molecule has 5 rings (SSSR count). The zero-order valence-electron chi connectivity index (χ0n) is 21.1. The van der Waals surface area contributed by atoms with Crippen molar-refractivity contribution in [1.29, 1.82) is 0 Å². The Hall–Kier alpha value is -1.69. The molecule has 0 unspecified atom stereocenters. The minimum Gasteiger partial charge on any atom is -0.393 e. The third-order valence-corrected chi connectivity index (χ3v) is 10.8. The Balaban J connectivity index is 1.22. The fraction of sp³-hybridized carbons (Fsp3) is 0.821. The molecule has 5 aliphatic rings. The maximum Gasteiger partial charge on any atom is 0.333 e. The summed E-state index contributed by atoms with van der Waals surface area (Å²) in [5.41, 5.74) is 2.09. The lowest BCUT2D eigenvalue weighted by atomic mass is 9.47. The highest BCUT2D eigenvalue weighted by Gasteiger charge is 2.59. The fourth-order valence-corrected chi connectivity index (χ4v) is 8.97. The van der Waals surface area contributed by atoms with Crippen LogP contribution in [0.15, 0.2) is 11.6 Å². The van der Waals surface area contributed by atoms with Gasteiger partial charge in [0.2, 0.25) is 0 Å². The number of allylic oxidation sites excluding steroid dienone is 1. The van der Waals surface area contributed by atoms with Crippen molar-refractivity contribution in [2.75, 3.05) is 0 Å². The largest absolute Gasteiger partial charge is 0.393 e. The van der Waals surface area contributed by atoms with Crippen molar-refractivity contribution in [2.24, 2.45) is 40.4 Å². The number of rotatable bonds is 5. The first kappa shape index (κ1) is 24.0. The summed E-state index contributed by atoms with van der Waals surface area (Å²) in [6.45, 7) is 7.25. The van der Waals surface area contributed by atoms with Crippen molar-refractivity contribution in [2.45, 2.75) is 104 Å². The Bertz CT molecular complexity index is 881. The number of imide groups is 1. The molecule has 4 fully saturated rings. The molecule has 0 spiro atoms. The van der Waals surface area contributed by atoms with Gasteiger partial charge in [0.1, 0.15) is 0 Å². The van der Waals surface area contributed by atoms with Crippen LogP contribution in [-0.2, 0) is 19.2 Å². The van der Waals surface area contributed by atoms with Crippen molar-refractivity contribution in [3.8, 4) is 0 Å². The number of aliphatic hydroxyl groups is 1. The van der Waals surface area contributed by atoms with E-state index in [-0.39, 0.29) is 30.8 Å². The van der Waals surface area contributed by atoms with Gasteiger partial charge in [0.05, 0.1) is 6.10 Å². The van der Waals surface area contributed by atoms with Gasteiger partial charge < -0.3 is 9.94 Å². The molecule has 3 saturated carbocycles. The van der Waals surface area contributed by atoms with Gasteiger partial charge in [-0.2, -0.15) is 0 Å². The maximum absolute atomic E-state index is 12.4. The van der Waals surface area contributed by atoms with Gasteiger partial charge in [0, 0.05) is 19.3 Å². The van der Waals surface area contributed by atoms with E-state index in [4.69, 9.17) is 4.84 Å². The van der Waals surface area contributed by atoms with E-state index >= 15 is 0 Å². The van der Waals surface area contributed by atoms with E-state index in [1.807, 2.05) is 0 Å². The van der Waals surface area contributed by atoms with Crippen molar-refractivity contribution < 1.29 is 24.3 Å². The molecule has 34 heavy (non-hydrogen) atoms. The Morgan fingerprint density at radius 3 is 2.59 bits per heavy atom. The van der Waals surface area contributed by atoms with Crippen LogP contribution >= 0.6 is 0 Å². The summed E-state index contributed by atoms with van der Waals surface area (Å²) in [5.74, 6) is 1.88. The second-order valence-corrected chi connectivity index (χ2v) is 12.4. The summed E-state index contributed by atoms with van der Waals surface area (Å²) >= 11 is 0. The molecule has 1 N–H and O–H groups in total. The molecule has 0 aromatic rings. The molecule has 0 aromatic heterocycles. The predicted molar refractivity (Wildman–Crippen MR) is 127 cm³/mol. The number of carbonyl (C=O) groups excluding carboxylic acids is 3. The molecule has 6 nitrogen and oxygen atoms in total. The summed E-state index contributed by atoms with van der Waals surface area (Å²) < 4.78 is 0. The lowest BCUT2D eigenvalue weighted by molar-refractivity contribution is -0.197. The zero-order chi connectivity index (χ0) is 24.3. The number of hydroxylamine groups is 2. The Kier molecular flexibility index (Phi) is 6.19. The predicted octanol–water partition coefficient (Wildman–Crippen LogP) is 4.95. The number of hydrogen-bond acceptors (Lipinski definition) is 5. The van der Waals surface area contributed by atoms with Gasteiger partial charge in [-0.05, 0) is 98.2 Å². The monoisotopic (exact) mass is 471 g/mol. The van der Waals surface area contributed by atoms with Crippen LogP contribution in [0, 0.1) is 40.4 Å².